The summed E-state index contributed by atoms with van der Waals surface area (Å²) in [7, 11) is 0. The van der Waals surface area contributed by atoms with Crippen LogP contribution < -0.4 is 20.1 Å². The van der Waals surface area contributed by atoms with Crippen molar-refractivity contribution in [3.8, 4) is 17.4 Å². The van der Waals surface area contributed by atoms with Gasteiger partial charge in [0.05, 0.1) is 18.5 Å². The summed E-state index contributed by atoms with van der Waals surface area (Å²) in [5.74, 6) is -1.63. The van der Waals surface area contributed by atoms with E-state index in [1.165, 1.54) is 47.2 Å². The molecule has 0 saturated heterocycles. The van der Waals surface area contributed by atoms with E-state index < -0.39 is 28.9 Å². The van der Waals surface area contributed by atoms with Crippen LogP contribution in [0.3, 0.4) is 0 Å². The Morgan fingerprint density at radius 2 is 1.84 bits per heavy atom. The Bertz CT molecular complexity index is 1520. The maximum absolute atomic E-state index is 14.9. The smallest absolute Gasteiger partial charge is 0.247 e. The number of amides is 2. The van der Waals surface area contributed by atoms with Gasteiger partial charge in [0.25, 0.3) is 0 Å². The highest BCUT2D eigenvalue weighted by Crippen LogP contribution is 2.47. The van der Waals surface area contributed by atoms with E-state index in [1.807, 2.05) is 0 Å². The molecule has 2 aromatic heterocycles. The second-order valence-electron chi connectivity index (χ2n) is 8.79. The molecule has 4 aromatic rings. The Morgan fingerprint density at radius 1 is 1.11 bits per heavy atom. The maximum atomic E-state index is 14.9. The van der Waals surface area contributed by atoms with Crippen LogP contribution in [0.15, 0.2) is 55.0 Å². The van der Waals surface area contributed by atoms with Gasteiger partial charge in [0, 0.05) is 17.3 Å². The van der Waals surface area contributed by atoms with Crippen LogP contribution in [0.5, 0.6) is 17.4 Å². The third-order valence-electron chi connectivity index (χ3n) is 6.22. The molecule has 1 saturated carbocycles. The summed E-state index contributed by atoms with van der Waals surface area (Å²) in [5, 5.41) is 18.2. The van der Waals surface area contributed by atoms with Crippen LogP contribution in [0, 0.1) is 24.0 Å². The summed E-state index contributed by atoms with van der Waals surface area (Å²) in [4.78, 5) is 29.8. The third-order valence-corrected chi connectivity index (χ3v) is 6.22. The Labute approximate surface area is 215 Å². The van der Waals surface area contributed by atoms with Crippen LogP contribution >= 0.6 is 0 Å². The molecule has 1 aliphatic carbocycles. The largest absolute Gasteiger partial charge is 0.489 e. The lowest BCUT2D eigenvalue weighted by Gasteiger charge is -2.16. The zero-order chi connectivity index (χ0) is 26.9. The minimum atomic E-state index is -1.33. The molecule has 10 nitrogen and oxygen atoms in total. The number of hydrogen-bond donors (Lipinski definition) is 3. The molecule has 0 bridgehead atoms. The Morgan fingerprint density at radius 3 is 2.53 bits per heavy atom. The van der Waals surface area contributed by atoms with Gasteiger partial charge in [-0.1, -0.05) is 0 Å². The Hall–Kier alpha value is -4.58. The highest BCUT2D eigenvalue weighted by Gasteiger charge is 2.56. The van der Waals surface area contributed by atoms with Crippen molar-refractivity contribution in [2.75, 3.05) is 23.8 Å². The number of anilines is 2. The van der Waals surface area contributed by atoms with E-state index in [2.05, 4.69) is 20.7 Å². The van der Waals surface area contributed by atoms with E-state index in [4.69, 9.17) is 14.6 Å². The minimum Gasteiger partial charge on any atom is -0.489 e. The predicted octanol–water partition coefficient (Wildman–Crippen LogP) is 3.84. The van der Waals surface area contributed by atoms with Gasteiger partial charge in [-0.3, -0.25) is 9.59 Å². The van der Waals surface area contributed by atoms with E-state index in [0.717, 1.165) is 6.07 Å². The molecule has 196 valence electrons. The van der Waals surface area contributed by atoms with Gasteiger partial charge in [0.15, 0.2) is 0 Å². The van der Waals surface area contributed by atoms with Gasteiger partial charge in [0.2, 0.25) is 17.7 Å². The average Bonchev–Trinajstić information content (AvgIpc) is 3.65. The van der Waals surface area contributed by atoms with E-state index in [9.17, 15) is 18.4 Å². The third kappa shape index (κ3) is 4.85. The molecule has 1 fully saturated rings. The highest BCUT2D eigenvalue weighted by molar-refractivity contribution is 6.16. The van der Waals surface area contributed by atoms with Crippen LogP contribution in [0.25, 0.3) is 5.52 Å². The molecule has 38 heavy (non-hydrogen) atoms. The molecule has 12 heteroatoms. The van der Waals surface area contributed by atoms with Gasteiger partial charge in [-0.15, -0.1) is 0 Å². The number of carbonyl (C=O) groups excluding carboxylic acids is 2. The molecule has 0 atom stereocenters. The molecule has 0 unspecified atom stereocenters. The number of halogens is 2. The lowest BCUT2D eigenvalue weighted by molar-refractivity contribution is -0.131. The molecule has 0 spiro atoms. The fourth-order valence-electron chi connectivity index (χ4n) is 3.96. The summed E-state index contributed by atoms with van der Waals surface area (Å²) in [6, 6.07) is 9.05. The first-order valence-corrected chi connectivity index (χ1v) is 11.7. The van der Waals surface area contributed by atoms with E-state index in [-0.39, 0.29) is 30.5 Å². The number of ether oxygens (including phenoxy) is 2. The molecule has 2 aromatic carbocycles. The second kappa shape index (κ2) is 10.1. The fourth-order valence-corrected chi connectivity index (χ4v) is 3.96. The predicted molar refractivity (Wildman–Crippen MR) is 132 cm³/mol. The van der Waals surface area contributed by atoms with Gasteiger partial charge in [0.1, 0.15) is 47.0 Å². The average molecular weight is 523 g/mol. The second-order valence-corrected chi connectivity index (χ2v) is 8.79. The van der Waals surface area contributed by atoms with Gasteiger partial charge in [-0.2, -0.15) is 10.1 Å². The van der Waals surface area contributed by atoms with Crippen LogP contribution in [-0.2, 0) is 9.59 Å². The van der Waals surface area contributed by atoms with Crippen molar-refractivity contribution in [3.05, 3.63) is 72.2 Å². The molecule has 5 rings (SSSR count). The molecule has 0 aliphatic heterocycles. The number of benzene rings is 2. The summed E-state index contributed by atoms with van der Waals surface area (Å²) < 4.78 is 40.9. The maximum Gasteiger partial charge on any atom is 0.247 e. The molecule has 3 N–H and O–H groups in total. The molecule has 2 amide bonds. The zero-order valence-corrected chi connectivity index (χ0v) is 20.2. The van der Waals surface area contributed by atoms with Crippen LogP contribution in [-0.4, -0.2) is 44.7 Å². The summed E-state index contributed by atoms with van der Waals surface area (Å²) in [6.07, 6.45) is 3.50. The lowest BCUT2D eigenvalue weighted by Crippen LogP contribution is -2.35. The van der Waals surface area contributed by atoms with E-state index >= 15 is 0 Å². The number of aliphatic hydroxyl groups excluding tert-OH is 1. The Balaban J connectivity index is 1.29. The normalized spacial score (nSPS) is 13.7. The van der Waals surface area contributed by atoms with Crippen molar-refractivity contribution in [1.82, 2.24) is 14.6 Å². The summed E-state index contributed by atoms with van der Waals surface area (Å²) in [6.45, 7) is 1.73. The summed E-state index contributed by atoms with van der Waals surface area (Å²) >= 11 is 0. The number of aryl methyl sites for hydroxylation is 1. The van der Waals surface area contributed by atoms with Crippen molar-refractivity contribution in [2.45, 2.75) is 19.8 Å². The number of aromatic nitrogens is 3. The number of rotatable bonds is 9. The van der Waals surface area contributed by atoms with Crippen molar-refractivity contribution < 1.29 is 33.0 Å². The summed E-state index contributed by atoms with van der Waals surface area (Å²) in [5.41, 5.74) is 0.0836. The van der Waals surface area contributed by atoms with E-state index in [0.29, 0.717) is 35.4 Å². The first-order valence-electron chi connectivity index (χ1n) is 11.7. The lowest BCUT2D eigenvalue weighted by atomic mass is 10.0. The SMILES string of the molecule is Cc1c(OCCO)cn2ncnc(Oc3ccc(NC(=O)C4(C(=O)Nc5ccc(F)cc5)CC4)c(F)c3)c12. The first kappa shape index (κ1) is 25.1. The number of carbonyl (C=O) groups is 2. The first-order chi connectivity index (χ1) is 18.3. The van der Waals surface area contributed by atoms with Gasteiger partial charge in [-0.05, 0) is 56.2 Å². The number of hydrogen-bond acceptors (Lipinski definition) is 7. The molecule has 1 aliphatic rings. The fraction of sp³-hybridized carbons (Fsp3) is 0.231. The standard InChI is InChI=1S/C26H23F2N5O5/c1-15-21(37-11-10-34)13-33-22(15)23(29-14-30-33)38-18-6-7-20(19(28)12-18)32-25(36)26(8-9-26)24(35)31-17-4-2-16(27)3-5-17/h2-7,12-14,34H,8-11H2,1H3,(H,31,35)(H,32,36). The molecular weight excluding hydrogens is 500 g/mol. The number of nitrogens with one attached hydrogen (secondary N) is 2. The van der Waals surface area contributed by atoms with Crippen molar-refractivity contribution in [1.29, 1.82) is 0 Å². The van der Waals surface area contributed by atoms with Crippen LogP contribution in [0.2, 0.25) is 0 Å². The van der Waals surface area contributed by atoms with Gasteiger partial charge in [-0.25, -0.2) is 13.3 Å². The van der Waals surface area contributed by atoms with Crippen LogP contribution in [0.1, 0.15) is 18.4 Å². The number of fused-ring (bicyclic) bond motifs is 1. The minimum absolute atomic E-state index is 0.106. The monoisotopic (exact) mass is 523 g/mol. The number of aliphatic hydroxyl groups is 1. The van der Waals surface area contributed by atoms with Crippen molar-refractivity contribution in [3.63, 3.8) is 0 Å². The number of nitrogens with zero attached hydrogens (tertiary/aromatic N) is 3. The van der Waals surface area contributed by atoms with Gasteiger partial charge < -0.3 is 25.2 Å². The van der Waals surface area contributed by atoms with Gasteiger partial charge >= 0.3 is 0 Å². The van der Waals surface area contributed by atoms with Crippen molar-refractivity contribution >= 4 is 28.7 Å². The highest BCUT2D eigenvalue weighted by atomic mass is 19.1. The van der Waals surface area contributed by atoms with E-state index in [1.54, 1.807) is 13.1 Å². The topological polar surface area (TPSA) is 127 Å². The van der Waals surface area contributed by atoms with Crippen LogP contribution in [0.4, 0.5) is 20.2 Å². The zero-order valence-electron chi connectivity index (χ0n) is 20.2. The quantitative estimate of drug-likeness (QED) is 0.285. The molecule has 2 heterocycles. The molecular formula is C26H23F2N5O5. The molecule has 0 radical (unpaired) electrons. The van der Waals surface area contributed by atoms with Crippen molar-refractivity contribution in [2.24, 2.45) is 5.41 Å². The Kier molecular flexibility index (Phi) is 6.64.